The van der Waals surface area contributed by atoms with E-state index in [0.717, 1.165) is 132 Å². The van der Waals surface area contributed by atoms with Gasteiger partial charge in [0.1, 0.15) is 69.8 Å². The minimum absolute atomic E-state index is 0.0453. The van der Waals surface area contributed by atoms with Crippen LogP contribution in [0.1, 0.15) is 179 Å². The third-order valence-electron chi connectivity index (χ3n) is 27.0. The number of hydrogen-bond donors (Lipinski definition) is 5. The van der Waals surface area contributed by atoms with Gasteiger partial charge in [-0.2, -0.15) is 0 Å². The first-order valence-electron chi connectivity index (χ1n) is 48.7. The molecule has 0 aliphatic heterocycles. The van der Waals surface area contributed by atoms with Crippen LogP contribution in [0, 0.1) is 69.8 Å². The van der Waals surface area contributed by atoms with Gasteiger partial charge >= 0.3 is 0 Å². The summed E-state index contributed by atoms with van der Waals surface area (Å²) in [5, 5.41) is 21.7. The van der Waals surface area contributed by atoms with Crippen molar-refractivity contribution in [3.8, 4) is 0 Å². The Morgan fingerprint density at radius 1 is 0.275 bits per heavy atom. The average Bonchev–Trinajstić information content (AvgIpc) is 1.82. The van der Waals surface area contributed by atoms with Crippen LogP contribution in [0.3, 0.4) is 0 Å². The lowest BCUT2D eigenvalue weighted by molar-refractivity contribution is 0.0930. The SMILES string of the molecule is CC(NC(=O)c1ccc2c(ccn2Cc2ccc(F)cc2F)c1)c1cccc2ccccc12.C[C@@H](NC(=O)c1ccc2c(ccn2Cc2ccc(F)cc2F)c1)c1ccc(F)cc1.C[C@H](NC(=O)c1ccc2c(ccn2Cc2ccc(F)cc2F)c1)c1ccc(F)cc1.O=C(NC1CCCC1)c1ccc2c(ccn2Cc2ccc(F)cc2F)c1.O=C(N[C@@H]1C[C@H]1c1ccccc1)c1ccc2c(ccn2Cc2ccc(F)cc2F)c1. The molecule has 752 valence electrons. The number of aromatic nitrogens is 5. The van der Waals surface area contributed by atoms with E-state index in [1.807, 2.05) is 171 Å². The second-order valence-corrected chi connectivity index (χ2v) is 37.3. The lowest BCUT2D eigenvalue weighted by atomic mass is 9.99. The zero-order valence-electron chi connectivity index (χ0n) is 81.0. The number of benzene rings is 15. The molecule has 5 heterocycles. The van der Waals surface area contributed by atoms with Crippen molar-refractivity contribution in [1.82, 2.24) is 49.4 Å². The zero-order chi connectivity index (χ0) is 104. The predicted octanol–water partition coefficient (Wildman–Crippen LogP) is 27.7. The number of halogens is 12. The Bertz CT molecular complexity index is 8140. The van der Waals surface area contributed by atoms with E-state index >= 15 is 0 Å². The quantitative estimate of drug-likeness (QED) is 0.0379. The summed E-state index contributed by atoms with van der Waals surface area (Å²) in [5.74, 6) is -6.92. The Labute approximate surface area is 850 Å². The number of hydrogen-bond acceptors (Lipinski definition) is 5. The minimum atomic E-state index is -0.612. The summed E-state index contributed by atoms with van der Waals surface area (Å²) in [6, 6.07) is 90.4. The fourth-order valence-corrected chi connectivity index (χ4v) is 18.8. The second-order valence-electron chi connectivity index (χ2n) is 37.3. The maximum absolute atomic E-state index is 14.1. The van der Waals surface area contributed by atoms with Crippen LogP contribution in [0.25, 0.3) is 65.3 Å². The largest absolute Gasteiger partial charge is 0.349 e. The molecule has 0 saturated heterocycles. The third-order valence-corrected chi connectivity index (χ3v) is 27.0. The van der Waals surface area contributed by atoms with E-state index in [1.54, 1.807) is 91.3 Å². The zero-order valence-corrected chi connectivity index (χ0v) is 81.0. The summed E-state index contributed by atoms with van der Waals surface area (Å²) in [5.41, 5.74) is 13.0. The summed E-state index contributed by atoms with van der Waals surface area (Å²) in [6.45, 7) is 7.02. The molecule has 0 spiro atoms. The first kappa shape index (κ1) is 102. The molecule has 2 fully saturated rings. The van der Waals surface area contributed by atoms with Gasteiger partial charge < -0.3 is 49.4 Å². The van der Waals surface area contributed by atoms with E-state index in [1.165, 1.54) is 103 Å². The van der Waals surface area contributed by atoms with Gasteiger partial charge in [0.25, 0.3) is 29.5 Å². The highest BCUT2D eigenvalue weighted by Gasteiger charge is 2.40. The molecule has 27 heteroatoms. The molecule has 22 rings (SSSR count). The van der Waals surface area contributed by atoms with Gasteiger partial charge in [-0.05, 0) is 249 Å². The van der Waals surface area contributed by atoms with Crippen LogP contribution in [0.4, 0.5) is 52.7 Å². The van der Waals surface area contributed by atoms with Crippen LogP contribution in [-0.4, -0.2) is 64.5 Å². The molecular weight excluding hydrogens is 1910 g/mol. The maximum atomic E-state index is 14.1. The molecule has 5 N–H and O–H groups in total. The van der Waals surface area contributed by atoms with Crippen molar-refractivity contribution in [3.05, 3.63) is 512 Å². The van der Waals surface area contributed by atoms with Crippen LogP contribution < -0.4 is 26.6 Å². The van der Waals surface area contributed by atoms with Gasteiger partial charge in [-0.3, -0.25) is 24.0 Å². The number of amides is 5. The lowest BCUT2D eigenvalue weighted by Crippen LogP contribution is -2.32. The van der Waals surface area contributed by atoms with E-state index < -0.39 is 58.2 Å². The molecule has 2 saturated carbocycles. The molecule has 15 nitrogen and oxygen atoms in total. The minimum Gasteiger partial charge on any atom is -0.349 e. The molecule has 2 aliphatic rings. The van der Waals surface area contributed by atoms with E-state index in [0.29, 0.717) is 74.6 Å². The highest BCUT2D eigenvalue weighted by molar-refractivity contribution is 6.02. The molecule has 20 aromatic rings. The average molecular weight is 2010 g/mol. The molecule has 5 atom stereocenters. The molecule has 2 aliphatic carbocycles. The third kappa shape index (κ3) is 24.8. The van der Waals surface area contributed by atoms with Crippen LogP contribution in [-0.2, 0) is 32.7 Å². The molecule has 0 bridgehead atoms. The van der Waals surface area contributed by atoms with Crippen molar-refractivity contribution in [2.75, 3.05) is 0 Å². The molecule has 1 unspecified atom stereocenters. The first-order valence-corrected chi connectivity index (χ1v) is 48.7. The number of carbonyl (C=O) groups excluding carboxylic acids is 5. The number of rotatable bonds is 24. The summed E-state index contributed by atoms with van der Waals surface area (Å²) in [7, 11) is 0. The Morgan fingerprint density at radius 2 is 0.564 bits per heavy atom. The topological polar surface area (TPSA) is 170 Å². The van der Waals surface area contributed by atoms with Gasteiger partial charge in [0.05, 0.1) is 50.8 Å². The van der Waals surface area contributed by atoms with Crippen molar-refractivity contribution in [2.45, 2.75) is 122 Å². The molecule has 149 heavy (non-hydrogen) atoms. The van der Waals surface area contributed by atoms with E-state index in [4.69, 9.17) is 0 Å². The molecular formula is C122H100F12N10O5. The fourth-order valence-electron chi connectivity index (χ4n) is 18.8. The summed E-state index contributed by atoms with van der Waals surface area (Å²) in [4.78, 5) is 63.4. The number of nitrogens with zero attached hydrogens (tertiary/aromatic N) is 5. The molecule has 5 amide bonds. The van der Waals surface area contributed by atoms with Crippen molar-refractivity contribution in [1.29, 1.82) is 0 Å². The molecule has 5 aromatic heterocycles. The fraction of sp³-hybridized carbons (Fsp3) is 0.156. The van der Waals surface area contributed by atoms with E-state index in [2.05, 4.69) is 56.9 Å². The number of nitrogens with one attached hydrogen (secondary N) is 5. The van der Waals surface area contributed by atoms with Gasteiger partial charge in [-0.15, -0.1) is 0 Å². The normalized spacial score (nSPS) is 13.8. The molecule has 0 radical (unpaired) electrons. The lowest BCUT2D eigenvalue weighted by Gasteiger charge is -2.17. The number of fused-ring (bicyclic) bond motifs is 6. The molecule has 15 aromatic carbocycles. The van der Waals surface area contributed by atoms with E-state index in [-0.39, 0.29) is 91.0 Å². The highest BCUT2D eigenvalue weighted by Crippen LogP contribution is 2.41. The van der Waals surface area contributed by atoms with Gasteiger partial charge in [0.15, 0.2) is 0 Å². The Balaban J connectivity index is 0.000000122. The number of carbonyl (C=O) groups is 5. The monoisotopic (exact) mass is 2010 g/mol. The Morgan fingerprint density at radius 3 is 0.893 bits per heavy atom. The van der Waals surface area contributed by atoms with E-state index in [9.17, 15) is 76.7 Å². The van der Waals surface area contributed by atoms with Crippen LogP contribution in [0.2, 0.25) is 0 Å². The standard InChI is InChI=1S/C28H22F2N2O.C25H20F2N2O.2C24H19F3N2O.C21H20F2N2O/c1-18(24-8-4-6-19-5-2-3-7-25(19)24)31-28(33)21-10-12-27-20(15-21)13-14-32(27)17-22-9-11-23(29)16-26(22)30;26-20-8-6-19(22(27)13-20)15-29-11-10-17-12-18(7-9-24(17)29)25(30)28-23-14-21(23)16-4-2-1-3-5-16;2*1-15(16-2-6-20(25)7-3-16)28-24(30)18-5-9-23-17(12-18)10-11-29(23)14-19-4-8-21(26)13-22(19)27;22-17-7-5-16(19(23)12-17)13-25-10-9-14-11-15(6-8-20(14)25)21(26)24-18-3-1-2-4-18/h2-16,18H,17H2,1H3,(H,31,33);1-13,21,23H,14-15H2,(H,28,30);2*2-13,15H,14H2,1H3,(H,28,30);5-12,18H,1-4,13H2,(H,24,26)/t;21-,23+;2*15-;/m.010./s1. The van der Waals surface area contributed by atoms with Crippen LogP contribution >= 0.6 is 0 Å². The Hall–Kier alpha value is -17.2. The first-order chi connectivity index (χ1) is 72.0. The van der Waals surface area contributed by atoms with Crippen molar-refractivity contribution >= 4 is 94.8 Å². The van der Waals surface area contributed by atoms with Gasteiger partial charge in [0, 0.05) is 189 Å². The van der Waals surface area contributed by atoms with Crippen molar-refractivity contribution < 1.29 is 76.7 Å². The summed E-state index contributed by atoms with van der Waals surface area (Å²) in [6.07, 6.45) is 14.5. The van der Waals surface area contributed by atoms with Gasteiger partial charge in [-0.25, -0.2) is 52.7 Å². The van der Waals surface area contributed by atoms with Crippen LogP contribution in [0.5, 0.6) is 0 Å². The Kier molecular flexibility index (Phi) is 31.2. The smallest absolute Gasteiger partial charge is 0.251 e. The van der Waals surface area contributed by atoms with Crippen molar-refractivity contribution in [3.63, 3.8) is 0 Å². The van der Waals surface area contributed by atoms with Gasteiger partial charge in [0.2, 0.25) is 0 Å². The van der Waals surface area contributed by atoms with Gasteiger partial charge in [-0.1, -0.05) is 140 Å². The second kappa shape index (κ2) is 45.6. The van der Waals surface area contributed by atoms with Crippen molar-refractivity contribution in [2.24, 2.45) is 0 Å². The van der Waals surface area contributed by atoms with Crippen LogP contribution in [0.15, 0.2) is 365 Å². The summed E-state index contributed by atoms with van der Waals surface area (Å²) < 4.78 is 171. The highest BCUT2D eigenvalue weighted by atomic mass is 19.2. The summed E-state index contributed by atoms with van der Waals surface area (Å²) >= 11 is 0. The maximum Gasteiger partial charge on any atom is 0.251 e. The predicted molar refractivity (Wildman–Crippen MR) is 556 cm³/mol.